The van der Waals surface area contributed by atoms with E-state index in [1.54, 1.807) is 7.11 Å². The van der Waals surface area contributed by atoms with Gasteiger partial charge in [-0.05, 0) is 35.4 Å². The summed E-state index contributed by atoms with van der Waals surface area (Å²) in [5, 5.41) is 9.07. The fourth-order valence-electron chi connectivity index (χ4n) is 2.28. The van der Waals surface area contributed by atoms with Crippen molar-refractivity contribution in [3.63, 3.8) is 0 Å². The van der Waals surface area contributed by atoms with E-state index in [2.05, 4.69) is 36.1 Å². The number of benzene rings is 2. The molecule has 0 spiro atoms. The second-order valence-corrected chi connectivity index (χ2v) is 5.13. The average Bonchev–Trinajstić information content (AvgIpc) is 2.55. The number of hydrogen-bond donors (Lipinski definition) is 1. The molecule has 0 bridgehead atoms. The third-order valence-corrected chi connectivity index (χ3v) is 3.62. The molecule has 3 nitrogen and oxygen atoms in total. The Morgan fingerprint density at radius 2 is 1.33 bits per heavy atom. The van der Waals surface area contributed by atoms with Crippen LogP contribution in [0.4, 0.5) is 0 Å². The highest BCUT2D eigenvalue weighted by molar-refractivity contribution is 5.27. The summed E-state index contributed by atoms with van der Waals surface area (Å²) >= 11 is 0. The maximum absolute atomic E-state index is 9.07. The van der Waals surface area contributed by atoms with E-state index in [9.17, 15) is 0 Å². The predicted octanol–water partition coefficient (Wildman–Crippen LogP) is 3.21. The lowest BCUT2D eigenvalue weighted by Crippen LogP contribution is -2.22. The lowest BCUT2D eigenvalue weighted by molar-refractivity contribution is 0.270. The fraction of sp³-hybridized carbons (Fsp3) is 0.333. The van der Waals surface area contributed by atoms with Gasteiger partial charge in [0.15, 0.2) is 0 Å². The summed E-state index contributed by atoms with van der Waals surface area (Å²) in [7, 11) is 1.68. The number of nitrogens with zero attached hydrogens (tertiary/aromatic N) is 1. The molecule has 0 atom stereocenters. The summed E-state index contributed by atoms with van der Waals surface area (Å²) in [5.74, 6) is 0.890. The molecule has 21 heavy (non-hydrogen) atoms. The Balaban J connectivity index is 1.98. The van der Waals surface area contributed by atoms with Gasteiger partial charge in [0.05, 0.1) is 13.7 Å². The van der Waals surface area contributed by atoms with E-state index in [4.69, 9.17) is 9.84 Å². The molecule has 0 fully saturated rings. The number of aliphatic hydroxyl groups excluding tert-OH is 1. The highest BCUT2D eigenvalue weighted by atomic mass is 16.5. The molecule has 0 aliphatic rings. The normalized spacial score (nSPS) is 10.9. The van der Waals surface area contributed by atoms with Crippen molar-refractivity contribution in [2.24, 2.45) is 0 Å². The summed E-state index contributed by atoms with van der Waals surface area (Å²) in [6.45, 7) is 5.10. The zero-order chi connectivity index (χ0) is 15.1. The first-order chi connectivity index (χ1) is 10.2. The summed E-state index contributed by atoms with van der Waals surface area (Å²) in [5.41, 5.74) is 3.50. The highest BCUT2D eigenvalue weighted by Crippen LogP contribution is 2.15. The maximum Gasteiger partial charge on any atom is 0.118 e. The van der Waals surface area contributed by atoms with Gasteiger partial charge < -0.3 is 9.84 Å². The van der Waals surface area contributed by atoms with Gasteiger partial charge in [-0.1, -0.05) is 43.3 Å². The molecule has 0 heterocycles. The van der Waals surface area contributed by atoms with Crippen molar-refractivity contribution in [1.82, 2.24) is 4.90 Å². The lowest BCUT2D eigenvalue weighted by Gasteiger charge is -2.21. The van der Waals surface area contributed by atoms with E-state index in [-0.39, 0.29) is 6.61 Å². The summed E-state index contributed by atoms with van der Waals surface area (Å²) in [6, 6.07) is 16.3. The van der Waals surface area contributed by atoms with Gasteiger partial charge in [0.25, 0.3) is 0 Å². The molecule has 0 aliphatic carbocycles. The van der Waals surface area contributed by atoms with E-state index < -0.39 is 0 Å². The molecule has 2 aromatic carbocycles. The molecule has 2 aromatic rings. The van der Waals surface area contributed by atoms with E-state index in [1.807, 2.05) is 24.3 Å². The zero-order valence-corrected chi connectivity index (χ0v) is 12.7. The number of hydrogen-bond acceptors (Lipinski definition) is 3. The standard InChI is InChI=1S/C18H23NO2/c1-3-19(12-15-4-6-17(14-20)7-5-15)13-16-8-10-18(21-2)11-9-16/h4-11,20H,3,12-14H2,1-2H3. The first-order valence-corrected chi connectivity index (χ1v) is 7.29. The van der Waals surface area contributed by atoms with Crippen LogP contribution in [0.15, 0.2) is 48.5 Å². The Morgan fingerprint density at radius 1 is 0.857 bits per heavy atom. The monoisotopic (exact) mass is 285 g/mol. The van der Waals surface area contributed by atoms with E-state index >= 15 is 0 Å². The summed E-state index contributed by atoms with van der Waals surface area (Å²) in [4.78, 5) is 2.38. The first-order valence-electron chi connectivity index (χ1n) is 7.29. The van der Waals surface area contributed by atoms with Crippen molar-refractivity contribution in [3.8, 4) is 5.75 Å². The average molecular weight is 285 g/mol. The Labute approximate surface area is 126 Å². The van der Waals surface area contributed by atoms with Crippen molar-refractivity contribution in [2.45, 2.75) is 26.6 Å². The summed E-state index contributed by atoms with van der Waals surface area (Å²) in [6.07, 6.45) is 0. The number of methoxy groups -OCH3 is 1. The number of rotatable bonds is 7. The molecule has 0 saturated carbocycles. The van der Waals surface area contributed by atoms with Crippen molar-refractivity contribution in [1.29, 1.82) is 0 Å². The van der Waals surface area contributed by atoms with Crippen LogP contribution in [0.2, 0.25) is 0 Å². The molecule has 0 amide bonds. The minimum atomic E-state index is 0.101. The third-order valence-electron chi connectivity index (χ3n) is 3.62. The van der Waals surface area contributed by atoms with Crippen LogP contribution in [0.25, 0.3) is 0 Å². The molecule has 3 heteroatoms. The van der Waals surface area contributed by atoms with Gasteiger partial charge in [-0.3, -0.25) is 4.90 Å². The van der Waals surface area contributed by atoms with Gasteiger partial charge >= 0.3 is 0 Å². The smallest absolute Gasteiger partial charge is 0.118 e. The second-order valence-electron chi connectivity index (χ2n) is 5.13. The molecule has 2 rings (SSSR count). The van der Waals surface area contributed by atoms with Crippen LogP contribution in [0.5, 0.6) is 5.75 Å². The largest absolute Gasteiger partial charge is 0.497 e. The Hall–Kier alpha value is -1.84. The van der Waals surface area contributed by atoms with Crippen molar-refractivity contribution >= 4 is 0 Å². The molecule has 112 valence electrons. The molecule has 0 aromatic heterocycles. The Bertz CT molecular complexity index is 485. The van der Waals surface area contributed by atoms with E-state index in [0.717, 1.165) is 30.9 Å². The van der Waals surface area contributed by atoms with Gasteiger partial charge in [-0.15, -0.1) is 0 Å². The molecular weight excluding hydrogens is 262 g/mol. The fourth-order valence-corrected chi connectivity index (χ4v) is 2.28. The molecule has 0 unspecified atom stereocenters. The quantitative estimate of drug-likeness (QED) is 0.848. The minimum absolute atomic E-state index is 0.101. The number of aliphatic hydroxyl groups is 1. The Morgan fingerprint density at radius 3 is 1.76 bits per heavy atom. The third kappa shape index (κ3) is 4.59. The van der Waals surface area contributed by atoms with Crippen LogP contribution in [0, 0.1) is 0 Å². The van der Waals surface area contributed by atoms with Crippen LogP contribution in [0.1, 0.15) is 23.6 Å². The van der Waals surface area contributed by atoms with Crippen molar-refractivity contribution in [3.05, 3.63) is 65.2 Å². The zero-order valence-electron chi connectivity index (χ0n) is 12.7. The molecule has 1 N–H and O–H groups in total. The first kappa shape index (κ1) is 15.5. The lowest BCUT2D eigenvalue weighted by atomic mass is 10.1. The SMILES string of the molecule is CCN(Cc1ccc(CO)cc1)Cc1ccc(OC)cc1. The topological polar surface area (TPSA) is 32.7 Å². The van der Waals surface area contributed by atoms with Crippen LogP contribution >= 0.6 is 0 Å². The van der Waals surface area contributed by atoms with Crippen molar-refractivity contribution < 1.29 is 9.84 Å². The highest BCUT2D eigenvalue weighted by Gasteiger charge is 2.05. The van der Waals surface area contributed by atoms with Gasteiger partial charge in [0, 0.05) is 13.1 Å². The minimum Gasteiger partial charge on any atom is -0.497 e. The van der Waals surface area contributed by atoms with Crippen LogP contribution in [-0.4, -0.2) is 23.7 Å². The van der Waals surface area contributed by atoms with E-state index in [1.165, 1.54) is 11.1 Å². The Kier molecular flexibility index (Phi) is 5.78. The van der Waals surface area contributed by atoms with Crippen LogP contribution in [-0.2, 0) is 19.7 Å². The van der Waals surface area contributed by atoms with Crippen LogP contribution < -0.4 is 4.74 Å². The maximum atomic E-state index is 9.07. The summed E-state index contributed by atoms with van der Waals surface area (Å²) < 4.78 is 5.18. The molecular formula is C18H23NO2. The number of ether oxygens (including phenoxy) is 1. The molecule has 0 radical (unpaired) electrons. The van der Waals surface area contributed by atoms with Gasteiger partial charge in [0.2, 0.25) is 0 Å². The van der Waals surface area contributed by atoms with Crippen LogP contribution in [0.3, 0.4) is 0 Å². The van der Waals surface area contributed by atoms with Gasteiger partial charge in [0.1, 0.15) is 5.75 Å². The van der Waals surface area contributed by atoms with Gasteiger partial charge in [-0.2, -0.15) is 0 Å². The van der Waals surface area contributed by atoms with Crippen molar-refractivity contribution in [2.75, 3.05) is 13.7 Å². The molecule has 0 aliphatic heterocycles. The predicted molar refractivity (Wildman–Crippen MR) is 85.1 cm³/mol. The van der Waals surface area contributed by atoms with E-state index in [0.29, 0.717) is 0 Å². The van der Waals surface area contributed by atoms with Gasteiger partial charge in [-0.25, -0.2) is 0 Å². The second kappa shape index (κ2) is 7.81. The molecule has 0 saturated heterocycles.